The summed E-state index contributed by atoms with van der Waals surface area (Å²) in [6, 6.07) is 19.3. The Bertz CT molecular complexity index is 1220. The lowest BCUT2D eigenvalue weighted by Crippen LogP contribution is -2.49. The van der Waals surface area contributed by atoms with E-state index in [1.54, 1.807) is 30.5 Å². The minimum atomic E-state index is -0.215. The lowest BCUT2D eigenvalue weighted by molar-refractivity contribution is -0.132. The molecule has 0 radical (unpaired) electrons. The number of ether oxygens (including phenoxy) is 2. The van der Waals surface area contributed by atoms with Crippen LogP contribution in [0.2, 0.25) is 0 Å². The molecule has 3 aromatic rings. The molecule has 1 heterocycles. The van der Waals surface area contributed by atoms with E-state index in [0.29, 0.717) is 31.0 Å². The molecule has 0 spiro atoms. The number of carbonyl (C=O) groups excluding carboxylic acids is 2. The van der Waals surface area contributed by atoms with Crippen LogP contribution in [-0.2, 0) is 17.8 Å². The monoisotopic (exact) mass is 549 g/mol. The van der Waals surface area contributed by atoms with E-state index in [4.69, 9.17) is 9.47 Å². The number of amides is 3. The highest BCUT2D eigenvalue weighted by Crippen LogP contribution is 2.28. The van der Waals surface area contributed by atoms with Crippen LogP contribution in [0.4, 0.5) is 10.5 Å². The van der Waals surface area contributed by atoms with Gasteiger partial charge < -0.3 is 24.6 Å². The second kappa shape index (κ2) is 14.0. The zero-order chi connectivity index (χ0) is 27.6. The first-order chi connectivity index (χ1) is 19.0. The minimum absolute atomic E-state index is 0.0460. The summed E-state index contributed by atoms with van der Waals surface area (Å²) in [5, 5.41) is 3.01. The zero-order valence-electron chi connectivity index (χ0n) is 23.2. The van der Waals surface area contributed by atoms with Crippen LogP contribution in [0.5, 0.6) is 11.5 Å². The van der Waals surface area contributed by atoms with Crippen molar-refractivity contribution in [3.63, 3.8) is 0 Å². The van der Waals surface area contributed by atoms with E-state index >= 15 is 0 Å². The molecule has 1 aromatic heterocycles. The number of hydrogen-bond acceptors (Lipinski definition) is 5. The van der Waals surface area contributed by atoms with Crippen molar-refractivity contribution in [2.45, 2.75) is 58.0 Å². The number of hydrogen-bond donors (Lipinski definition) is 1. The quantitative estimate of drug-likeness (QED) is 0.296. The number of nitrogens with zero attached hydrogens (tertiary/aromatic N) is 2. The number of aryl methyl sites for hydroxylation is 1. The van der Waals surface area contributed by atoms with Gasteiger partial charge in [-0.2, -0.15) is 0 Å². The number of carbonyl (C=O) groups is 2. The van der Waals surface area contributed by atoms with Crippen LogP contribution in [0.25, 0.3) is 0 Å². The van der Waals surface area contributed by atoms with Gasteiger partial charge in [0.15, 0.2) is 11.5 Å². The van der Waals surface area contributed by atoms with Crippen molar-refractivity contribution in [3.8, 4) is 11.5 Å². The van der Waals surface area contributed by atoms with Crippen LogP contribution in [0.3, 0.4) is 0 Å². The van der Waals surface area contributed by atoms with Crippen LogP contribution < -0.4 is 14.8 Å². The van der Waals surface area contributed by atoms with E-state index in [1.165, 1.54) is 11.3 Å². The lowest BCUT2D eigenvalue weighted by Gasteiger charge is -2.35. The van der Waals surface area contributed by atoms with Gasteiger partial charge in [-0.05, 0) is 68.1 Å². The summed E-state index contributed by atoms with van der Waals surface area (Å²) in [6.07, 6.45) is 5.83. The molecule has 3 amide bonds. The molecule has 0 bridgehead atoms. The van der Waals surface area contributed by atoms with Crippen molar-refractivity contribution in [1.82, 2.24) is 9.80 Å². The fourth-order valence-electron chi connectivity index (χ4n) is 5.07. The maximum absolute atomic E-state index is 13.9. The number of urea groups is 1. The Kier molecular flexibility index (Phi) is 10.3. The second-order valence-corrected chi connectivity index (χ2v) is 11.4. The number of para-hydroxylation sites is 1. The topological polar surface area (TPSA) is 71.1 Å². The average Bonchev–Trinajstić information content (AvgIpc) is 3.38. The van der Waals surface area contributed by atoms with Gasteiger partial charge in [-0.3, -0.25) is 4.79 Å². The van der Waals surface area contributed by atoms with E-state index < -0.39 is 0 Å². The van der Waals surface area contributed by atoms with Crippen LogP contribution in [0, 0.1) is 6.92 Å². The van der Waals surface area contributed by atoms with Crippen molar-refractivity contribution >= 4 is 29.0 Å². The predicted octanol–water partition coefficient (Wildman–Crippen LogP) is 6.51. The molecular formula is C31H39N3O4S. The summed E-state index contributed by atoms with van der Waals surface area (Å²) in [5.41, 5.74) is 1.79. The second-order valence-electron chi connectivity index (χ2n) is 9.98. The lowest BCUT2D eigenvalue weighted by atomic mass is 9.94. The maximum atomic E-state index is 13.9. The molecule has 208 valence electrons. The van der Waals surface area contributed by atoms with Crippen molar-refractivity contribution in [1.29, 1.82) is 0 Å². The Morgan fingerprint density at radius 3 is 2.36 bits per heavy atom. The Labute approximate surface area is 235 Å². The molecule has 39 heavy (non-hydrogen) atoms. The van der Waals surface area contributed by atoms with Gasteiger partial charge in [-0.25, -0.2) is 4.79 Å². The summed E-state index contributed by atoms with van der Waals surface area (Å²) in [6.45, 7) is 3.18. The molecule has 0 aliphatic heterocycles. The van der Waals surface area contributed by atoms with Gasteiger partial charge in [0, 0.05) is 28.0 Å². The summed E-state index contributed by atoms with van der Waals surface area (Å²) in [5.74, 6) is 1.30. The third-order valence-electron chi connectivity index (χ3n) is 7.22. The molecule has 1 aliphatic carbocycles. The normalized spacial score (nSPS) is 13.5. The van der Waals surface area contributed by atoms with Crippen molar-refractivity contribution in [3.05, 3.63) is 76.0 Å². The highest BCUT2D eigenvalue weighted by atomic mass is 32.1. The largest absolute Gasteiger partial charge is 0.493 e. The molecular weight excluding hydrogens is 510 g/mol. The van der Waals surface area contributed by atoms with E-state index in [-0.39, 0.29) is 24.5 Å². The van der Waals surface area contributed by atoms with Gasteiger partial charge in [-0.15, -0.1) is 11.3 Å². The van der Waals surface area contributed by atoms with E-state index in [9.17, 15) is 9.59 Å². The van der Waals surface area contributed by atoms with Crippen LogP contribution in [0.15, 0.2) is 60.7 Å². The molecule has 8 heteroatoms. The molecule has 0 unspecified atom stereocenters. The molecule has 1 N–H and O–H groups in total. The van der Waals surface area contributed by atoms with E-state index in [2.05, 4.69) is 24.4 Å². The van der Waals surface area contributed by atoms with E-state index in [0.717, 1.165) is 41.8 Å². The third-order valence-corrected chi connectivity index (χ3v) is 8.21. The van der Waals surface area contributed by atoms with Crippen molar-refractivity contribution in [2.24, 2.45) is 0 Å². The molecule has 2 aromatic carbocycles. The van der Waals surface area contributed by atoms with Gasteiger partial charge in [0.05, 0.1) is 20.8 Å². The molecule has 7 nitrogen and oxygen atoms in total. The average molecular weight is 550 g/mol. The Morgan fingerprint density at radius 2 is 1.69 bits per heavy atom. The van der Waals surface area contributed by atoms with Crippen molar-refractivity contribution in [2.75, 3.05) is 32.6 Å². The number of thiophene rings is 1. The predicted molar refractivity (Wildman–Crippen MR) is 157 cm³/mol. The minimum Gasteiger partial charge on any atom is -0.493 e. The Morgan fingerprint density at radius 1 is 0.949 bits per heavy atom. The zero-order valence-corrected chi connectivity index (χ0v) is 24.0. The first-order valence-electron chi connectivity index (χ1n) is 13.6. The maximum Gasteiger partial charge on any atom is 0.322 e. The highest BCUT2D eigenvalue weighted by molar-refractivity contribution is 7.11. The smallest absolute Gasteiger partial charge is 0.322 e. The van der Waals surface area contributed by atoms with Crippen LogP contribution >= 0.6 is 11.3 Å². The number of anilines is 1. The van der Waals surface area contributed by atoms with E-state index in [1.807, 2.05) is 53.4 Å². The number of methoxy groups -OCH3 is 2. The summed E-state index contributed by atoms with van der Waals surface area (Å²) >= 11 is 1.70. The summed E-state index contributed by atoms with van der Waals surface area (Å²) in [7, 11) is 3.24. The fraction of sp³-hybridized carbons (Fsp3) is 0.419. The first kappa shape index (κ1) is 28.5. The molecule has 1 fully saturated rings. The first-order valence-corrected chi connectivity index (χ1v) is 14.4. The SMILES string of the molecule is COc1ccc(CCN(Cc2ccc(C)s2)C(=O)CN(C(=O)Nc2ccccc2)C2CCCCC2)cc1OC. The Balaban J connectivity index is 1.52. The van der Waals surface area contributed by atoms with Crippen LogP contribution in [0.1, 0.15) is 47.4 Å². The van der Waals surface area contributed by atoms with Gasteiger partial charge in [-0.1, -0.05) is 43.5 Å². The Hall–Kier alpha value is -3.52. The molecule has 0 saturated heterocycles. The van der Waals surface area contributed by atoms with Gasteiger partial charge in [0.2, 0.25) is 5.91 Å². The van der Waals surface area contributed by atoms with Gasteiger partial charge >= 0.3 is 6.03 Å². The summed E-state index contributed by atoms with van der Waals surface area (Å²) in [4.78, 5) is 33.3. The molecule has 1 aliphatic rings. The third kappa shape index (κ3) is 7.99. The highest BCUT2D eigenvalue weighted by Gasteiger charge is 2.29. The van der Waals surface area contributed by atoms with Crippen molar-refractivity contribution < 1.29 is 19.1 Å². The number of benzene rings is 2. The molecule has 1 saturated carbocycles. The number of rotatable bonds is 11. The fourth-order valence-corrected chi connectivity index (χ4v) is 5.98. The van der Waals surface area contributed by atoms with Crippen LogP contribution in [-0.4, -0.2) is 55.1 Å². The van der Waals surface area contributed by atoms with Gasteiger partial charge in [0.1, 0.15) is 6.54 Å². The van der Waals surface area contributed by atoms with Gasteiger partial charge in [0.25, 0.3) is 0 Å². The standard InChI is InChI=1S/C31H39N3O4S/c1-23-14-16-27(39-23)21-33(19-18-24-15-17-28(37-2)29(20-24)38-3)30(35)22-34(26-12-8-5-9-13-26)31(36)32-25-10-6-4-7-11-25/h4,6-7,10-11,14-17,20,26H,5,8-9,12-13,18-19,21-22H2,1-3H3,(H,32,36). The summed E-state index contributed by atoms with van der Waals surface area (Å²) < 4.78 is 10.8. The number of nitrogens with one attached hydrogen (secondary N) is 1. The molecule has 4 rings (SSSR count). The molecule has 0 atom stereocenters.